The second-order valence-corrected chi connectivity index (χ2v) is 8.59. The third-order valence-corrected chi connectivity index (χ3v) is 5.94. The molecule has 1 aromatic rings. The highest BCUT2D eigenvalue weighted by atomic mass is 32.1. The SMILES string of the molecule is CC(C)CN1CCC[C@@]2(CCN(C(=O)Cc3cccs3)C2)C1. The van der Waals surface area contributed by atoms with Crippen molar-refractivity contribution in [2.75, 3.05) is 32.7 Å². The molecule has 0 unspecified atom stereocenters. The zero-order chi connectivity index (χ0) is 15.6. The number of hydrogen-bond acceptors (Lipinski definition) is 3. The van der Waals surface area contributed by atoms with Crippen molar-refractivity contribution in [1.29, 1.82) is 0 Å². The Hall–Kier alpha value is -0.870. The van der Waals surface area contributed by atoms with Crippen LogP contribution < -0.4 is 0 Å². The third-order valence-electron chi connectivity index (χ3n) is 5.06. The Morgan fingerprint density at radius 1 is 1.32 bits per heavy atom. The van der Waals surface area contributed by atoms with Gasteiger partial charge in [0.2, 0.25) is 5.91 Å². The molecule has 2 aliphatic rings. The Balaban J connectivity index is 1.57. The zero-order valence-electron chi connectivity index (χ0n) is 13.9. The lowest BCUT2D eigenvalue weighted by Gasteiger charge is -2.41. The summed E-state index contributed by atoms with van der Waals surface area (Å²) < 4.78 is 0. The maximum Gasteiger partial charge on any atom is 0.227 e. The molecule has 3 rings (SSSR count). The quantitative estimate of drug-likeness (QED) is 0.850. The first-order chi connectivity index (χ1) is 10.6. The van der Waals surface area contributed by atoms with E-state index in [1.807, 2.05) is 6.07 Å². The van der Waals surface area contributed by atoms with Crippen LogP contribution in [0.15, 0.2) is 17.5 Å². The van der Waals surface area contributed by atoms with Gasteiger partial charge in [-0.1, -0.05) is 19.9 Å². The summed E-state index contributed by atoms with van der Waals surface area (Å²) in [7, 11) is 0. The van der Waals surface area contributed by atoms with Crippen LogP contribution in [0.2, 0.25) is 0 Å². The van der Waals surface area contributed by atoms with E-state index in [2.05, 4.69) is 35.1 Å². The van der Waals surface area contributed by atoms with Gasteiger partial charge in [0.25, 0.3) is 0 Å². The van der Waals surface area contributed by atoms with Gasteiger partial charge in [-0.05, 0) is 43.2 Å². The molecule has 1 atom stereocenters. The van der Waals surface area contributed by atoms with E-state index < -0.39 is 0 Å². The van der Waals surface area contributed by atoms with Crippen LogP contribution in [0, 0.1) is 11.3 Å². The minimum atomic E-state index is 0.320. The maximum atomic E-state index is 12.5. The number of carbonyl (C=O) groups excluding carboxylic acids is 1. The van der Waals surface area contributed by atoms with Crippen molar-refractivity contribution < 1.29 is 4.79 Å². The van der Waals surface area contributed by atoms with Crippen molar-refractivity contribution >= 4 is 17.2 Å². The van der Waals surface area contributed by atoms with Gasteiger partial charge in [-0.2, -0.15) is 0 Å². The highest BCUT2D eigenvalue weighted by molar-refractivity contribution is 7.10. The van der Waals surface area contributed by atoms with Gasteiger partial charge >= 0.3 is 0 Å². The molecule has 1 amide bonds. The number of piperidine rings is 1. The highest BCUT2D eigenvalue weighted by Crippen LogP contribution is 2.39. The standard InChI is InChI=1S/C18H28N2OS/c1-15(2)12-19-8-4-6-18(13-19)7-9-20(14-18)17(21)11-16-5-3-10-22-16/h3,5,10,15H,4,6-9,11-14H2,1-2H3/t18-/m1/s1. The van der Waals surface area contributed by atoms with Gasteiger partial charge in [0.15, 0.2) is 0 Å². The van der Waals surface area contributed by atoms with Gasteiger partial charge in [-0.15, -0.1) is 11.3 Å². The Morgan fingerprint density at radius 2 is 2.18 bits per heavy atom. The first kappa shape index (κ1) is 16.0. The van der Waals surface area contributed by atoms with Gasteiger partial charge in [-0.3, -0.25) is 4.79 Å². The fourth-order valence-corrected chi connectivity index (χ4v) is 4.83. The number of carbonyl (C=O) groups is 1. The summed E-state index contributed by atoms with van der Waals surface area (Å²) in [6.45, 7) is 10.2. The van der Waals surface area contributed by atoms with Crippen LogP contribution in [-0.4, -0.2) is 48.4 Å². The van der Waals surface area contributed by atoms with Gasteiger partial charge in [0.05, 0.1) is 6.42 Å². The van der Waals surface area contributed by atoms with E-state index in [4.69, 9.17) is 0 Å². The van der Waals surface area contributed by atoms with Gasteiger partial charge in [0, 0.05) is 36.5 Å². The molecule has 122 valence electrons. The summed E-state index contributed by atoms with van der Waals surface area (Å²) in [6.07, 6.45) is 4.37. The van der Waals surface area contributed by atoms with E-state index in [0.717, 1.165) is 19.0 Å². The van der Waals surface area contributed by atoms with Crippen molar-refractivity contribution in [2.45, 2.75) is 39.5 Å². The Labute approximate surface area is 138 Å². The lowest BCUT2D eigenvalue weighted by Crippen LogP contribution is -2.46. The van der Waals surface area contributed by atoms with E-state index in [9.17, 15) is 4.79 Å². The molecule has 3 nitrogen and oxygen atoms in total. The van der Waals surface area contributed by atoms with Gasteiger partial charge in [-0.25, -0.2) is 0 Å². The van der Waals surface area contributed by atoms with Crippen molar-refractivity contribution in [1.82, 2.24) is 9.80 Å². The molecule has 0 saturated carbocycles. The first-order valence-corrected chi connectivity index (χ1v) is 9.47. The topological polar surface area (TPSA) is 23.6 Å². The van der Waals surface area contributed by atoms with Gasteiger partial charge < -0.3 is 9.80 Å². The van der Waals surface area contributed by atoms with Crippen LogP contribution in [0.5, 0.6) is 0 Å². The molecule has 0 N–H and O–H groups in total. The molecule has 0 bridgehead atoms. The van der Waals surface area contributed by atoms with E-state index in [1.165, 1.54) is 43.8 Å². The molecule has 1 spiro atoms. The minimum absolute atomic E-state index is 0.320. The Bertz CT molecular complexity index is 499. The maximum absolute atomic E-state index is 12.5. The molecule has 2 fully saturated rings. The third kappa shape index (κ3) is 3.72. The lowest BCUT2D eigenvalue weighted by molar-refractivity contribution is -0.130. The van der Waals surface area contributed by atoms with E-state index in [0.29, 0.717) is 17.7 Å². The second kappa shape index (κ2) is 6.71. The molecular formula is C18H28N2OS. The molecule has 22 heavy (non-hydrogen) atoms. The van der Waals surface area contributed by atoms with Crippen LogP contribution >= 0.6 is 11.3 Å². The van der Waals surface area contributed by atoms with Crippen molar-refractivity contribution in [2.24, 2.45) is 11.3 Å². The zero-order valence-corrected chi connectivity index (χ0v) is 14.7. The molecule has 2 aliphatic heterocycles. The summed E-state index contributed by atoms with van der Waals surface area (Å²) in [5, 5.41) is 2.05. The summed E-state index contributed by atoms with van der Waals surface area (Å²) >= 11 is 1.69. The van der Waals surface area contributed by atoms with Crippen molar-refractivity contribution in [3.05, 3.63) is 22.4 Å². The monoisotopic (exact) mass is 320 g/mol. The second-order valence-electron chi connectivity index (χ2n) is 7.55. The van der Waals surface area contributed by atoms with Crippen LogP contribution in [0.4, 0.5) is 0 Å². The molecule has 3 heterocycles. The predicted octanol–water partition coefficient (Wildman–Crippen LogP) is 3.26. The average molecular weight is 321 g/mol. The fourth-order valence-electron chi connectivity index (χ4n) is 4.14. The summed E-state index contributed by atoms with van der Waals surface area (Å²) in [5.74, 6) is 1.05. The van der Waals surface area contributed by atoms with Crippen LogP contribution in [0.3, 0.4) is 0 Å². The van der Waals surface area contributed by atoms with Crippen molar-refractivity contribution in [3.63, 3.8) is 0 Å². The number of nitrogens with zero attached hydrogens (tertiary/aromatic N) is 2. The Morgan fingerprint density at radius 3 is 2.91 bits per heavy atom. The average Bonchev–Trinajstić information content (AvgIpc) is 3.09. The number of amides is 1. The molecule has 0 aliphatic carbocycles. The summed E-state index contributed by atoms with van der Waals surface area (Å²) in [6, 6.07) is 4.10. The predicted molar refractivity (Wildman–Crippen MR) is 92.2 cm³/mol. The first-order valence-electron chi connectivity index (χ1n) is 8.59. The number of hydrogen-bond donors (Lipinski definition) is 0. The lowest BCUT2D eigenvalue weighted by atomic mass is 9.79. The smallest absolute Gasteiger partial charge is 0.227 e. The van der Waals surface area contributed by atoms with Crippen LogP contribution in [0.25, 0.3) is 0 Å². The summed E-state index contributed by atoms with van der Waals surface area (Å²) in [5.41, 5.74) is 0.373. The Kier molecular flexibility index (Phi) is 4.88. The van der Waals surface area contributed by atoms with Crippen LogP contribution in [-0.2, 0) is 11.2 Å². The normalized spacial score (nSPS) is 26.2. The molecule has 0 radical (unpaired) electrons. The minimum Gasteiger partial charge on any atom is -0.342 e. The molecule has 2 saturated heterocycles. The van der Waals surface area contributed by atoms with E-state index in [-0.39, 0.29) is 0 Å². The molecule has 1 aromatic heterocycles. The van der Waals surface area contributed by atoms with E-state index in [1.54, 1.807) is 11.3 Å². The van der Waals surface area contributed by atoms with Crippen LogP contribution in [0.1, 0.15) is 38.0 Å². The summed E-state index contributed by atoms with van der Waals surface area (Å²) in [4.78, 5) is 18.5. The highest BCUT2D eigenvalue weighted by Gasteiger charge is 2.42. The molecule has 0 aromatic carbocycles. The van der Waals surface area contributed by atoms with Crippen molar-refractivity contribution in [3.8, 4) is 0 Å². The van der Waals surface area contributed by atoms with Gasteiger partial charge in [0.1, 0.15) is 0 Å². The molecule has 4 heteroatoms. The number of thiophene rings is 1. The number of likely N-dealkylation sites (tertiary alicyclic amines) is 2. The number of rotatable bonds is 4. The van der Waals surface area contributed by atoms with E-state index >= 15 is 0 Å². The fraction of sp³-hybridized carbons (Fsp3) is 0.722. The molecular weight excluding hydrogens is 292 g/mol. The largest absolute Gasteiger partial charge is 0.342 e.